The van der Waals surface area contributed by atoms with Gasteiger partial charge in [-0.3, -0.25) is 9.59 Å². The number of amides is 1. The standard InChI is InChI=1S/C12H21NO5S/c1-3-9-6-13(11(14)4-5-12(15)16)7-10(9)8-19(2,17)18/h9-10H,3-8H2,1-2H3,(H,15,16). The number of nitrogens with zero attached hydrogens (tertiary/aromatic N) is 1. The molecule has 1 aliphatic rings. The summed E-state index contributed by atoms with van der Waals surface area (Å²) in [6, 6.07) is 0. The minimum Gasteiger partial charge on any atom is -0.481 e. The fourth-order valence-electron chi connectivity index (χ4n) is 2.55. The molecule has 1 N–H and O–H groups in total. The molecule has 0 saturated carbocycles. The van der Waals surface area contributed by atoms with Crippen molar-refractivity contribution in [2.75, 3.05) is 25.1 Å². The lowest BCUT2D eigenvalue weighted by atomic mass is 9.96. The van der Waals surface area contributed by atoms with Crippen LogP contribution < -0.4 is 0 Å². The van der Waals surface area contributed by atoms with E-state index in [-0.39, 0.29) is 36.3 Å². The first-order chi connectivity index (χ1) is 8.73. The summed E-state index contributed by atoms with van der Waals surface area (Å²) in [5.41, 5.74) is 0. The van der Waals surface area contributed by atoms with Gasteiger partial charge in [-0.05, 0) is 11.8 Å². The third kappa shape index (κ3) is 5.18. The summed E-state index contributed by atoms with van der Waals surface area (Å²) in [6.07, 6.45) is 1.83. The Bertz CT molecular complexity index is 445. The van der Waals surface area contributed by atoms with E-state index in [9.17, 15) is 18.0 Å². The van der Waals surface area contributed by atoms with Crippen molar-refractivity contribution in [2.45, 2.75) is 26.2 Å². The van der Waals surface area contributed by atoms with Gasteiger partial charge in [0.25, 0.3) is 0 Å². The number of carbonyl (C=O) groups excluding carboxylic acids is 1. The predicted octanol–water partition coefficient (Wildman–Crippen LogP) is 0.380. The van der Waals surface area contributed by atoms with Crippen LogP contribution in [0.2, 0.25) is 0 Å². The molecule has 0 aromatic carbocycles. The number of aliphatic carboxylic acids is 1. The van der Waals surface area contributed by atoms with Crippen molar-refractivity contribution in [3.05, 3.63) is 0 Å². The number of carboxylic acid groups (broad SMARTS) is 1. The molecule has 0 aromatic heterocycles. The van der Waals surface area contributed by atoms with Crippen LogP contribution in [0.4, 0.5) is 0 Å². The van der Waals surface area contributed by atoms with Crippen molar-refractivity contribution >= 4 is 21.7 Å². The molecular formula is C12H21NO5S. The molecule has 0 aliphatic carbocycles. The van der Waals surface area contributed by atoms with E-state index in [2.05, 4.69) is 0 Å². The van der Waals surface area contributed by atoms with E-state index >= 15 is 0 Å². The Balaban J connectivity index is 2.60. The Kier molecular flexibility index (Phi) is 5.34. The normalized spacial score (nSPS) is 23.6. The summed E-state index contributed by atoms with van der Waals surface area (Å²) in [5, 5.41) is 8.56. The van der Waals surface area contributed by atoms with E-state index in [0.717, 1.165) is 6.42 Å². The molecule has 1 rings (SSSR count). The molecule has 1 amide bonds. The molecule has 1 aliphatic heterocycles. The third-order valence-electron chi connectivity index (χ3n) is 3.52. The highest BCUT2D eigenvalue weighted by atomic mass is 32.2. The van der Waals surface area contributed by atoms with E-state index in [0.29, 0.717) is 13.1 Å². The van der Waals surface area contributed by atoms with E-state index in [1.165, 1.54) is 6.26 Å². The topological polar surface area (TPSA) is 91.8 Å². The molecule has 19 heavy (non-hydrogen) atoms. The Hall–Kier alpha value is -1.11. The first kappa shape index (κ1) is 15.9. The van der Waals surface area contributed by atoms with Crippen LogP contribution in [0.25, 0.3) is 0 Å². The molecule has 2 atom stereocenters. The van der Waals surface area contributed by atoms with Crippen LogP contribution in [0, 0.1) is 11.8 Å². The van der Waals surface area contributed by atoms with Crippen LogP contribution in [0.3, 0.4) is 0 Å². The molecule has 110 valence electrons. The van der Waals surface area contributed by atoms with Crippen LogP contribution in [-0.2, 0) is 19.4 Å². The zero-order valence-corrected chi connectivity index (χ0v) is 12.1. The Morgan fingerprint density at radius 1 is 1.21 bits per heavy atom. The van der Waals surface area contributed by atoms with Gasteiger partial charge in [-0.15, -0.1) is 0 Å². The Morgan fingerprint density at radius 2 is 1.79 bits per heavy atom. The van der Waals surface area contributed by atoms with Crippen LogP contribution >= 0.6 is 0 Å². The van der Waals surface area contributed by atoms with Crippen LogP contribution in [0.5, 0.6) is 0 Å². The highest BCUT2D eigenvalue weighted by Crippen LogP contribution is 2.27. The van der Waals surface area contributed by atoms with E-state index in [1.54, 1.807) is 4.90 Å². The van der Waals surface area contributed by atoms with E-state index in [1.807, 2.05) is 6.92 Å². The fraction of sp³-hybridized carbons (Fsp3) is 0.833. The van der Waals surface area contributed by atoms with Crippen molar-refractivity contribution in [3.63, 3.8) is 0 Å². The summed E-state index contributed by atoms with van der Waals surface area (Å²) < 4.78 is 22.7. The number of carboxylic acids is 1. The zero-order valence-electron chi connectivity index (χ0n) is 11.3. The summed E-state index contributed by atoms with van der Waals surface area (Å²) in [7, 11) is -3.06. The largest absolute Gasteiger partial charge is 0.481 e. The molecule has 1 fully saturated rings. The van der Waals surface area contributed by atoms with Gasteiger partial charge < -0.3 is 10.0 Å². The smallest absolute Gasteiger partial charge is 0.303 e. The first-order valence-electron chi connectivity index (χ1n) is 6.40. The average Bonchev–Trinajstić information content (AvgIpc) is 2.66. The Labute approximate surface area is 113 Å². The fourth-order valence-corrected chi connectivity index (χ4v) is 3.71. The first-order valence-corrected chi connectivity index (χ1v) is 8.46. The van der Waals surface area contributed by atoms with Gasteiger partial charge in [-0.1, -0.05) is 13.3 Å². The molecule has 6 nitrogen and oxygen atoms in total. The number of sulfone groups is 1. The van der Waals surface area contributed by atoms with Crippen molar-refractivity contribution in [3.8, 4) is 0 Å². The quantitative estimate of drug-likeness (QED) is 0.764. The minimum atomic E-state index is -3.06. The summed E-state index contributed by atoms with van der Waals surface area (Å²) >= 11 is 0. The van der Waals surface area contributed by atoms with Gasteiger partial charge in [0, 0.05) is 25.8 Å². The predicted molar refractivity (Wildman–Crippen MR) is 70.4 cm³/mol. The lowest BCUT2D eigenvalue weighted by Crippen LogP contribution is -2.30. The lowest BCUT2D eigenvalue weighted by molar-refractivity contribution is -0.140. The molecule has 0 aromatic rings. The van der Waals surface area contributed by atoms with Gasteiger partial charge in [0.2, 0.25) is 5.91 Å². The van der Waals surface area contributed by atoms with Crippen molar-refractivity contribution < 1.29 is 23.1 Å². The lowest BCUT2D eigenvalue weighted by Gasteiger charge is -2.15. The second-order valence-corrected chi connectivity index (χ2v) is 7.40. The van der Waals surface area contributed by atoms with Crippen molar-refractivity contribution in [2.24, 2.45) is 11.8 Å². The third-order valence-corrected chi connectivity index (χ3v) is 4.56. The highest BCUT2D eigenvalue weighted by molar-refractivity contribution is 7.90. The molecule has 0 spiro atoms. The molecule has 0 bridgehead atoms. The highest BCUT2D eigenvalue weighted by Gasteiger charge is 2.35. The molecular weight excluding hydrogens is 270 g/mol. The van der Waals surface area contributed by atoms with E-state index < -0.39 is 15.8 Å². The minimum absolute atomic E-state index is 0.0165. The van der Waals surface area contributed by atoms with Crippen molar-refractivity contribution in [1.29, 1.82) is 0 Å². The monoisotopic (exact) mass is 291 g/mol. The van der Waals surface area contributed by atoms with Crippen LogP contribution in [0.15, 0.2) is 0 Å². The molecule has 2 unspecified atom stereocenters. The maximum absolute atomic E-state index is 11.8. The molecule has 7 heteroatoms. The van der Waals surface area contributed by atoms with Gasteiger partial charge in [0.15, 0.2) is 0 Å². The van der Waals surface area contributed by atoms with E-state index in [4.69, 9.17) is 5.11 Å². The SMILES string of the molecule is CCC1CN(C(=O)CCC(=O)O)CC1CS(C)(=O)=O. The van der Waals surface area contributed by atoms with Gasteiger partial charge in [-0.25, -0.2) is 8.42 Å². The van der Waals surface area contributed by atoms with Crippen molar-refractivity contribution in [1.82, 2.24) is 4.90 Å². The number of hydrogen-bond donors (Lipinski definition) is 1. The maximum Gasteiger partial charge on any atom is 0.303 e. The molecule has 1 saturated heterocycles. The van der Waals surface area contributed by atoms with Crippen LogP contribution in [-0.4, -0.2) is 55.4 Å². The van der Waals surface area contributed by atoms with Gasteiger partial charge in [0.1, 0.15) is 9.84 Å². The molecule has 0 radical (unpaired) electrons. The van der Waals surface area contributed by atoms with Crippen LogP contribution in [0.1, 0.15) is 26.2 Å². The number of carbonyl (C=O) groups is 2. The number of rotatable bonds is 6. The van der Waals surface area contributed by atoms with Gasteiger partial charge in [0.05, 0.1) is 12.2 Å². The second kappa shape index (κ2) is 6.36. The Morgan fingerprint density at radius 3 is 2.26 bits per heavy atom. The second-order valence-electron chi connectivity index (χ2n) is 5.21. The summed E-state index contributed by atoms with van der Waals surface area (Å²) in [5.74, 6) is -0.949. The summed E-state index contributed by atoms with van der Waals surface area (Å²) in [4.78, 5) is 23.9. The average molecular weight is 291 g/mol. The number of likely N-dealkylation sites (tertiary alicyclic amines) is 1. The van der Waals surface area contributed by atoms with Gasteiger partial charge in [-0.2, -0.15) is 0 Å². The zero-order chi connectivity index (χ0) is 14.6. The number of hydrogen-bond acceptors (Lipinski definition) is 4. The molecule has 1 heterocycles. The van der Waals surface area contributed by atoms with Gasteiger partial charge >= 0.3 is 5.97 Å². The summed E-state index contributed by atoms with van der Waals surface area (Å²) in [6.45, 7) is 2.93. The maximum atomic E-state index is 11.8.